The smallest absolute Gasteiger partial charge is 0.262 e. The third-order valence-corrected chi connectivity index (χ3v) is 4.23. The van der Waals surface area contributed by atoms with Crippen molar-refractivity contribution < 1.29 is 0 Å². The molecule has 0 unspecified atom stereocenters. The summed E-state index contributed by atoms with van der Waals surface area (Å²) in [5, 5.41) is 1.42. The third-order valence-electron chi connectivity index (χ3n) is 2.78. The van der Waals surface area contributed by atoms with E-state index in [0.29, 0.717) is 10.7 Å². The van der Waals surface area contributed by atoms with Crippen LogP contribution < -0.4 is 5.56 Å². The highest BCUT2D eigenvalue weighted by molar-refractivity contribution is 7.99. The van der Waals surface area contributed by atoms with Crippen LogP contribution in [0.3, 0.4) is 0 Å². The maximum Gasteiger partial charge on any atom is 0.262 e. The Hall–Kier alpha value is -1.00. The molecule has 0 aromatic carbocycles. The molecule has 0 aliphatic carbocycles. The van der Waals surface area contributed by atoms with Crippen molar-refractivity contribution in [2.45, 2.75) is 38.1 Å². The molecule has 0 N–H and O–H groups in total. The number of pyridine rings is 1. The fourth-order valence-electron chi connectivity index (χ4n) is 1.91. The molecule has 5 heteroatoms. The molecular weight excluding hydrogens is 280 g/mol. The summed E-state index contributed by atoms with van der Waals surface area (Å²) in [6.07, 6.45) is 4.40. The van der Waals surface area contributed by atoms with E-state index in [0.717, 1.165) is 35.6 Å². The van der Waals surface area contributed by atoms with Crippen LogP contribution in [0.1, 0.15) is 32.3 Å². The first-order valence-electron chi connectivity index (χ1n) is 6.51. The van der Waals surface area contributed by atoms with E-state index < -0.39 is 0 Å². The number of fused-ring (bicyclic) bond motifs is 1. The molecule has 3 nitrogen and oxygen atoms in total. The standard InChI is InChI=1S/C14H17ClN2OS/c1-3-5-11-13(19-8-4-2)16-12-7-6-10(15)9-17(12)14(11)18/h6-7,9H,3-5,8H2,1-2H3. The molecule has 0 aliphatic heterocycles. The van der Waals surface area contributed by atoms with Crippen LogP contribution in [0.25, 0.3) is 5.65 Å². The topological polar surface area (TPSA) is 34.4 Å². The first kappa shape index (κ1) is 14.4. The van der Waals surface area contributed by atoms with Gasteiger partial charge in [0.1, 0.15) is 10.7 Å². The quantitative estimate of drug-likeness (QED) is 0.622. The largest absolute Gasteiger partial charge is 0.269 e. The molecule has 0 bridgehead atoms. The summed E-state index contributed by atoms with van der Waals surface area (Å²) in [5.41, 5.74) is 1.47. The summed E-state index contributed by atoms with van der Waals surface area (Å²) in [7, 11) is 0. The Balaban J connectivity index is 2.63. The lowest BCUT2D eigenvalue weighted by atomic mass is 10.2. The molecule has 19 heavy (non-hydrogen) atoms. The van der Waals surface area contributed by atoms with Gasteiger partial charge in [-0.3, -0.25) is 9.20 Å². The van der Waals surface area contributed by atoms with Crippen molar-refractivity contribution in [1.29, 1.82) is 0 Å². The van der Waals surface area contributed by atoms with Gasteiger partial charge in [0.15, 0.2) is 0 Å². The summed E-state index contributed by atoms with van der Waals surface area (Å²) in [6, 6.07) is 3.55. The van der Waals surface area contributed by atoms with Crippen LogP contribution in [0.4, 0.5) is 0 Å². The van der Waals surface area contributed by atoms with E-state index in [1.54, 1.807) is 34.5 Å². The minimum absolute atomic E-state index is 0.00736. The van der Waals surface area contributed by atoms with Gasteiger partial charge in [0.2, 0.25) is 0 Å². The lowest BCUT2D eigenvalue weighted by Crippen LogP contribution is -2.21. The predicted octanol–water partition coefficient (Wildman–Crippen LogP) is 3.80. The summed E-state index contributed by atoms with van der Waals surface area (Å²) < 4.78 is 1.54. The van der Waals surface area contributed by atoms with Gasteiger partial charge in [-0.15, -0.1) is 11.8 Å². The van der Waals surface area contributed by atoms with Gasteiger partial charge >= 0.3 is 0 Å². The fraction of sp³-hybridized carbons (Fsp3) is 0.429. The first-order valence-corrected chi connectivity index (χ1v) is 7.87. The maximum atomic E-state index is 12.5. The van der Waals surface area contributed by atoms with Gasteiger partial charge in [-0.2, -0.15) is 0 Å². The molecule has 0 saturated heterocycles. The van der Waals surface area contributed by atoms with Crippen LogP contribution in [0, 0.1) is 0 Å². The normalized spacial score (nSPS) is 11.1. The SMILES string of the molecule is CCCSc1nc2ccc(Cl)cn2c(=O)c1CCC. The molecular formula is C14H17ClN2OS. The number of rotatable bonds is 5. The molecule has 2 heterocycles. The second-order valence-electron chi connectivity index (χ2n) is 4.37. The minimum atomic E-state index is 0.00736. The number of hydrogen-bond donors (Lipinski definition) is 0. The second-order valence-corrected chi connectivity index (χ2v) is 5.89. The van der Waals surface area contributed by atoms with Crippen LogP contribution >= 0.6 is 23.4 Å². The number of aromatic nitrogens is 2. The van der Waals surface area contributed by atoms with E-state index >= 15 is 0 Å². The molecule has 0 aliphatic rings. The summed E-state index contributed by atoms with van der Waals surface area (Å²) in [6.45, 7) is 4.20. The first-order chi connectivity index (χ1) is 9.17. The van der Waals surface area contributed by atoms with Gasteiger partial charge in [0.05, 0.1) is 10.6 Å². The highest BCUT2D eigenvalue weighted by Gasteiger charge is 2.12. The number of thioether (sulfide) groups is 1. The average molecular weight is 297 g/mol. The van der Waals surface area contributed by atoms with Gasteiger partial charge in [-0.05, 0) is 30.7 Å². The number of nitrogens with zero attached hydrogens (tertiary/aromatic N) is 2. The summed E-state index contributed by atoms with van der Waals surface area (Å²) in [5.74, 6) is 0.979. The Morgan fingerprint density at radius 2 is 2.11 bits per heavy atom. The van der Waals surface area contributed by atoms with Crippen molar-refractivity contribution >= 4 is 29.0 Å². The van der Waals surface area contributed by atoms with Crippen LogP contribution in [-0.4, -0.2) is 15.1 Å². The van der Waals surface area contributed by atoms with Gasteiger partial charge in [0.25, 0.3) is 5.56 Å². The van der Waals surface area contributed by atoms with E-state index in [4.69, 9.17) is 11.6 Å². The van der Waals surface area contributed by atoms with E-state index in [-0.39, 0.29) is 5.56 Å². The Bertz CT molecular complexity index is 639. The van der Waals surface area contributed by atoms with Crippen molar-refractivity contribution in [3.05, 3.63) is 39.3 Å². The zero-order chi connectivity index (χ0) is 13.8. The lowest BCUT2D eigenvalue weighted by molar-refractivity contribution is 0.831. The van der Waals surface area contributed by atoms with E-state index in [1.807, 2.05) is 0 Å². The molecule has 0 amide bonds. The Morgan fingerprint density at radius 1 is 1.32 bits per heavy atom. The van der Waals surface area contributed by atoms with Crippen molar-refractivity contribution in [1.82, 2.24) is 9.38 Å². The molecule has 0 saturated carbocycles. The Morgan fingerprint density at radius 3 is 2.79 bits per heavy atom. The Kier molecular flexibility index (Phi) is 4.88. The minimum Gasteiger partial charge on any atom is -0.269 e. The van der Waals surface area contributed by atoms with Crippen LogP contribution in [0.5, 0.6) is 0 Å². The molecule has 0 fully saturated rings. The molecule has 0 radical (unpaired) electrons. The maximum absolute atomic E-state index is 12.5. The molecule has 2 aromatic heterocycles. The zero-order valence-corrected chi connectivity index (χ0v) is 12.7. The van der Waals surface area contributed by atoms with Crippen molar-refractivity contribution in [3.8, 4) is 0 Å². The van der Waals surface area contributed by atoms with Gasteiger partial charge in [-0.1, -0.05) is 31.9 Å². The highest BCUT2D eigenvalue weighted by atomic mass is 35.5. The van der Waals surface area contributed by atoms with E-state index in [2.05, 4.69) is 18.8 Å². The summed E-state index contributed by atoms with van der Waals surface area (Å²) in [4.78, 5) is 17.1. The molecule has 0 spiro atoms. The third kappa shape index (κ3) is 3.12. The highest BCUT2D eigenvalue weighted by Crippen LogP contribution is 2.21. The van der Waals surface area contributed by atoms with Crippen molar-refractivity contribution in [2.24, 2.45) is 0 Å². The zero-order valence-electron chi connectivity index (χ0n) is 11.1. The van der Waals surface area contributed by atoms with Crippen LogP contribution in [0.2, 0.25) is 5.02 Å². The van der Waals surface area contributed by atoms with Gasteiger partial charge < -0.3 is 0 Å². The predicted molar refractivity (Wildman–Crippen MR) is 81.5 cm³/mol. The van der Waals surface area contributed by atoms with E-state index in [1.165, 1.54) is 0 Å². The molecule has 2 aromatic rings. The monoisotopic (exact) mass is 296 g/mol. The fourth-order valence-corrected chi connectivity index (χ4v) is 2.99. The Labute approximate surface area is 122 Å². The van der Waals surface area contributed by atoms with Crippen LogP contribution in [-0.2, 0) is 6.42 Å². The average Bonchev–Trinajstić information content (AvgIpc) is 2.41. The van der Waals surface area contributed by atoms with Gasteiger partial charge in [-0.25, -0.2) is 4.98 Å². The molecule has 2 rings (SSSR count). The molecule has 0 atom stereocenters. The van der Waals surface area contributed by atoms with Crippen molar-refractivity contribution in [2.75, 3.05) is 5.75 Å². The second kappa shape index (κ2) is 6.44. The van der Waals surface area contributed by atoms with Crippen LogP contribution in [0.15, 0.2) is 28.2 Å². The number of halogens is 1. The van der Waals surface area contributed by atoms with Crippen molar-refractivity contribution in [3.63, 3.8) is 0 Å². The van der Waals surface area contributed by atoms with E-state index in [9.17, 15) is 4.79 Å². The summed E-state index contributed by atoms with van der Waals surface area (Å²) >= 11 is 7.61. The molecule has 102 valence electrons. The number of hydrogen-bond acceptors (Lipinski definition) is 3. The lowest BCUT2D eigenvalue weighted by Gasteiger charge is -2.09. The van der Waals surface area contributed by atoms with Gasteiger partial charge in [0, 0.05) is 6.20 Å².